The second-order valence-corrected chi connectivity index (χ2v) is 10.6. The van der Waals surface area contributed by atoms with Crippen molar-refractivity contribution in [3.05, 3.63) is 54.6 Å². The first-order chi connectivity index (χ1) is 16.2. The molecule has 3 aromatic rings. The van der Waals surface area contributed by atoms with E-state index in [1.807, 2.05) is 0 Å². The van der Waals surface area contributed by atoms with Gasteiger partial charge in [0.2, 0.25) is 0 Å². The number of para-hydroxylation sites is 1. The number of hydrogen-bond acceptors (Lipinski definition) is 4. The molecule has 2 saturated heterocycles. The van der Waals surface area contributed by atoms with Crippen LogP contribution in [0, 0.1) is 0 Å². The third-order valence-electron chi connectivity index (χ3n) is 8.03. The number of piperazine rings is 1. The molecular formula is C28H37N5. The topological polar surface area (TPSA) is 37.5 Å². The molecule has 174 valence electrons. The molecule has 33 heavy (non-hydrogen) atoms. The van der Waals surface area contributed by atoms with E-state index in [4.69, 9.17) is 0 Å². The Labute approximate surface area is 197 Å². The largest absolute Gasteiger partial charge is 0.371 e. The summed E-state index contributed by atoms with van der Waals surface area (Å²) in [6, 6.07) is 20.5. The molecule has 5 heteroatoms. The molecule has 6 rings (SSSR count). The lowest BCUT2D eigenvalue weighted by Crippen LogP contribution is -2.54. The number of nitrogens with one attached hydrogen (secondary N) is 2. The van der Waals surface area contributed by atoms with Crippen molar-refractivity contribution in [2.45, 2.75) is 37.3 Å². The third-order valence-corrected chi connectivity index (χ3v) is 8.03. The number of hydrogen-bond donors (Lipinski definition) is 2. The predicted molar refractivity (Wildman–Crippen MR) is 138 cm³/mol. The van der Waals surface area contributed by atoms with Crippen LogP contribution in [0.2, 0.25) is 0 Å². The lowest BCUT2D eigenvalue weighted by atomic mass is 10.0. The second kappa shape index (κ2) is 8.79. The highest BCUT2D eigenvalue weighted by Crippen LogP contribution is 2.38. The quantitative estimate of drug-likeness (QED) is 0.600. The molecule has 1 aromatic heterocycles. The summed E-state index contributed by atoms with van der Waals surface area (Å²) in [6.45, 7) is 8.40. The maximum absolute atomic E-state index is 4.10. The van der Waals surface area contributed by atoms with Crippen LogP contribution >= 0.6 is 0 Å². The molecule has 0 spiro atoms. The van der Waals surface area contributed by atoms with Crippen molar-refractivity contribution in [1.29, 1.82) is 0 Å². The molecule has 0 bridgehead atoms. The van der Waals surface area contributed by atoms with Crippen LogP contribution in [0.1, 0.15) is 25.7 Å². The summed E-state index contributed by atoms with van der Waals surface area (Å²) in [5, 5.41) is 5.38. The van der Waals surface area contributed by atoms with Gasteiger partial charge in [0.05, 0.1) is 0 Å². The zero-order valence-electron chi connectivity index (χ0n) is 19.9. The minimum atomic E-state index is 0.401. The summed E-state index contributed by atoms with van der Waals surface area (Å²) in [5.74, 6) is 0. The Morgan fingerprint density at radius 2 is 1.70 bits per heavy atom. The summed E-state index contributed by atoms with van der Waals surface area (Å²) in [5.41, 5.74) is 5.43. The Hall–Kier alpha value is -2.34. The average molecular weight is 444 g/mol. The SMILES string of the molecule is CN1CCN(CC2(NC3CCN(c4cccc(-c5cc6ccccc6[nH]5)c4)CC3)CC2)CC1. The van der Waals surface area contributed by atoms with Crippen molar-refractivity contribution in [2.75, 3.05) is 57.8 Å². The van der Waals surface area contributed by atoms with E-state index in [1.54, 1.807) is 0 Å². The van der Waals surface area contributed by atoms with Gasteiger partial charge in [0.1, 0.15) is 0 Å². The van der Waals surface area contributed by atoms with Crippen LogP contribution in [-0.4, -0.2) is 79.2 Å². The van der Waals surface area contributed by atoms with E-state index < -0.39 is 0 Å². The molecular weight excluding hydrogens is 406 g/mol. The molecule has 3 heterocycles. The minimum Gasteiger partial charge on any atom is -0.371 e. The first-order valence-electron chi connectivity index (χ1n) is 12.8. The number of anilines is 1. The number of likely N-dealkylation sites (N-methyl/N-ethyl adjacent to an activating group) is 1. The Morgan fingerprint density at radius 1 is 0.909 bits per heavy atom. The van der Waals surface area contributed by atoms with Gasteiger partial charge >= 0.3 is 0 Å². The Balaban J connectivity index is 1.06. The normalized spacial score (nSPS) is 22.2. The fraction of sp³-hybridized carbons (Fsp3) is 0.500. The first kappa shape index (κ1) is 21.2. The fourth-order valence-corrected chi connectivity index (χ4v) is 5.75. The number of benzene rings is 2. The molecule has 1 aliphatic carbocycles. The maximum atomic E-state index is 4.10. The summed E-state index contributed by atoms with van der Waals surface area (Å²) in [6.07, 6.45) is 5.18. The Bertz CT molecular complexity index is 1050. The van der Waals surface area contributed by atoms with Crippen LogP contribution in [0.25, 0.3) is 22.2 Å². The van der Waals surface area contributed by atoms with Gasteiger partial charge in [0.15, 0.2) is 0 Å². The van der Waals surface area contributed by atoms with Gasteiger partial charge < -0.3 is 20.1 Å². The Kier molecular flexibility index (Phi) is 5.65. The van der Waals surface area contributed by atoms with E-state index in [0.29, 0.717) is 11.6 Å². The molecule has 3 fully saturated rings. The summed E-state index contributed by atoms with van der Waals surface area (Å²) >= 11 is 0. The summed E-state index contributed by atoms with van der Waals surface area (Å²) < 4.78 is 0. The van der Waals surface area contributed by atoms with Gasteiger partial charge in [-0.3, -0.25) is 4.90 Å². The number of nitrogens with zero attached hydrogens (tertiary/aromatic N) is 3. The van der Waals surface area contributed by atoms with E-state index in [-0.39, 0.29) is 0 Å². The molecule has 0 unspecified atom stereocenters. The second-order valence-electron chi connectivity index (χ2n) is 10.6. The maximum Gasteiger partial charge on any atom is 0.0465 e. The van der Waals surface area contributed by atoms with Gasteiger partial charge in [-0.05, 0) is 62.6 Å². The summed E-state index contributed by atoms with van der Waals surface area (Å²) in [4.78, 5) is 11.3. The highest BCUT2D eigenvalue weighted by atomic mass is 15.3. The minimum absolute atomic E-state index is 0.401. The van der Waals surface area contributed by atoms with Gasteiger partial charge in [-0.15, -0.1) is 0 Å². The predicted octanol–water partition coefficient (Wildman–Crippen LogP) is 4.17. The molecule has 2 N–H and O–H groups in total. The van der Waals surface area contributed by atoms with Gasteiger partial charge in [-0.1, -0.05) is 30.3 Å². The monoisotopic (exact) mass is 443 g/mol. The van der Waals surface area contributed by atoms with E-state index in [0.717, 1.165) is 13.1 Å². The highest BCUT2D eigenvalue weighted by molar-refractivity contribution is 5.86. The van der Waals surface area contributed by atoms with Crippen molar-refractivity contribution in [3.63, 3.8) is 0 Å². The molecule has 1 saturated carbocycles. The van der Waals surface area contributed by atoms with Crippen molar-refractivity contribution >= 4 is 16.6 Å². The molecule has 2 aliphatic heterocycles. The summed E-state index contributed by atoms with van der Waals surface area (Å²) in [7, 11) is 2.24. The third kappa shape index (κ3) is 4.68. The molecule has 0 radical (unpaired) electrons. The molecule has 2 aromatic carbocycles. The number of piperidine rings is 1. The molecule has 5 nitrogen and oxygen atoms in total. The van der Waals surface area contributed by atoms with Crippen LogP contribution in [0.3, 0.4) is 0 Å². The van der Waals surface area contributed by atoms with Crippen molar-refractivity contribution in [1.82, 2.24) is 20.1 Å². The molecule has 0 amide bonds. The van der Waals surface area contributed by atoms with E-state index >= 15 is 0 Å². The van der Waals surface area contributed by atoms with Gasteiger partial charge in [-0.2, -0.15) is 0 Å². The van der Waals surface area contributed by atoms with E-state index in [2.05, 4.69) is 86.6 Å². The number of fused-ring (bicyclic) bond motifs is 1. The van der Waals surface area contributed by atoms with Crippen molar-refractivity contribution in [3.8, 4) is 11.3 Å². The van der Waals surface area contributed by atoms with Gasteiger partial charge in [0.25, 0.3) is 0 Å². The van der Waals surface area contributed by atoms with Crippen molar-refractivity contribution in [2.24, 2.45) is 0 Å². The first-order valence-corrected chi connectivity index (χ1v) is 12.8. The standard InChI is InChI=1S/C28H37N5/c1-31-15-17-32(18-16-31)21-28(11-12-28)30-24-9-13-33(14-10-24)25-7-4-6-22(19-25)27-20-23-5-2-3-8-26(23)29-27/h2-8,19-20,24,29-30H,9-18,21H2,1H3. The number of aromatic amines is 1. The zero-order valence-corrected chi connectivity index (χ0v) is 19.9. The smallest absolute Gasteiger partial charge is 0.0465 e. The number of H-pyrrole nitrogens is 1. The average Bonchev–Trinajstić information content (AvgIpc) is 3.45. The van der Waals surface area contributed by atoms with Crippen LogP contribution in [0.5, 0.6) is 0 Å². The van der Waals surface area contributed by atoms with Crippen molar-refractivity contribution < 1.29 is 0 Å². The molecule has 3 aliphatic rings. The molecule has 0 atom stereocenters. The van der Waals surface area contributed by atoms with Gasteiger partial charge in [-0.25, -0.2) is 0 Å². The fourth-order valence-electron chi connectivity index (χ4n) is 5.75. The highest BCUT2D eigenvalue weighted by Gasteiger charge is 2.45. The number of rotatable bonds is 6. The Morgan fingerprint density at radius 3 is 2.45 bits per heavy atom. The lowest BCUT2D eigenvalue weighted by molar-refractivity contribution is 0.134. The zero-order chi connectivity index (χ0) is 22.3. The lowest BCUT2D eigenvalue weighted by Gasteiger charge is -2.39. The van der Waals surface area contributed by atoms with Crippen LogP contribution in [0.4, 0.5) is 5.69 Å². The van der Waals surface area contributed by atoms with Crippen LogP contribution < -0.4 is 10.2 Å². The van der Waals surface area contributed by atoms with Crippen LogP contribution in [-0.2, 0) is 0 Å². The number of aromatic nitrogens is 1. The van der Waals surface area contributed by atoms with Crippen LogP contribution in [0.15, 0.2) is 54.6 Å². The van der Waals surface area contributed by atoms with E-state index in [9.17, 15) is 0 Å². The van der Waals surface area contributed by atoms with E-state index in [1.165, 1.54) is 86.3 Å². The van der Waals surface area contributed by atoms with Gasteiger partial charge in [0, 0.05) is 79.7 Å².